The predicted octanol–water partition coefficient (Wildman–Crippen LogP) is 1.96. The summed E-state index contributed by atoms with van der Waals surface area (Å²) in [5.74, 6) is -0.262. The number of phenols is 1. The van der Waals surface area contributed by atoms with E-state index in [-0.39, 0.29) is 16.9 Å². The largest absolute Gasteiger partial charge is 0.508 e. The van der Waals surface area contributed by atoms with E-state index < -0.39 is 5.91 Å². The molecule has 0 radical (unpaired) electrons. The number of aromatic nitrogens is 4. The molecule has 0 bridgehead atoms. The molecule has 0 aliphatic carbocycles. The van der Waals surface area contributed by atoms with Crippen LogP contribution in [-0.2, 0) is 0 Å². The van der Waals surface area contributed by atoms with E-state index in [1.807, 2.05) is 0 Å². The summed E-state index contributed by atoms with van der Waals surface area (Å²) in [5.41, 5.74) is 1.24. The van der Waals surface area contributed by atoms with Gasteiger partial charge in [0.25, 0.3) is 5.91 Å². The van der Waals surface area contributed by atoms with Gasteiger partial charge in [0.2, 0.25) is 5.95 Å². The summed E-state index contributed by atoms with van der Waals surface area (Å²) in [6.45, 7) is 0. The van der Waals surface area contributed by atoms with Gasteiger partial charge < -0.3 is 10.1 Å². The quantitative estimate of drug-likeness (QED) is 0.626. The number of nitrogens with one attached hydrogen (secondary N) is 2. The molecule has 3 N–H and O–H groups in total. The molecule has 1 amide bonds. The lowest BCUT2D eigenvalue weighted by molar-refractivity contribution is 0.102. The van der Waals surface area contributed by atoms with E-state index >= 15 is 0 Å². The van der Waals surface area contributed by atoms with Crippen molar-refractivity contribution in [1.29, 1.82) is 0 Å². The van der Waals surface area contributed by atoms with Crippen molar-refractivity contribution in [3.8, 4) is 5.75 Å². The molecular formula is C12H8ClN5O2. The summed E-state index contributed by atoms with van der Waals surface area (Å²) in [6.07, 6.45) is 1.44. The number of rotatable bonds is 2. The number of imidazole rings is 1. The highest BCUT2D eigenvalue weighted by Gasteiger charge is 2.11. The van der Waals surface area contributed by atoms with Crippen LogP contribution in [0.4, 0.5) is 5.95 Å². The fourth-order valence-electron chi connectivity index (χ4n) is 1.64. The van der Waals surface area contributed by atoms with Gasteiger partial charge in [-0.2, -0.15) is 9.97 Å². The summed E-state index contributed by atoms with van der Waals surface area (Å²) in [5, 5.41) is 11.9. The zero-order valence-corrected chi connectivity index (χ0v) is 10.7. The first-order valence-electron chi connectivity index (χ1n) is 5.60. The molecule has 8 heteroatoms. The molecule has 0 saturated carbocycles. The number of hydrogen-bond acceptors (Lipinski definition) is 5. The molecule has 0 atom stereocenters. The number of halogens is 1. The fraction of sp³-hybridized carbons (Fsp3) is 0. The van der Waals surface area contributed by atoms with Crippen LogP contribution in [0.25, 0.3) is 11.2 Å². The Hall–Kier alpha value is -2.67. The molecule has 20 heavy (non-hydrogen) atoms. The third-order valence-electron chi connectivity index (χ3n) is 2.60. The molecule has 0 saturated heterocycles. The smallest absolute Gasteiger partial charge is 0.258 e. The minimum atomic E-state index is -0.407. The Labute approximate surface area is 117 Å². The molecule has 0 aliphatic rings. The molecule has 0 aliphatic heterocycles. The number of aromatic amines is 1. The first-order valence-corrected chi connectivity index (χ1v) is 5.98. The van der Waals surface area contributed by atoms with E-state index in [1.165, 1.54) is 30.6 Å². The highest BCUT2D eigenvalue weighted by molar-refractivity contribution is 6.33. The zero-order valence-electron chi connectivity index (χ0n) is 9.96. The number of aromatic hydroxyl groups is 1. The van der Waals surface area contributed by atoms with Crippen molar-refractivity contribution in [2.24, 2.45) is 0 Å². The number of anilines is 1. The summed E-state index contributed by atoms with van der Waals surface area (Å²) < 4.78 is 0. The van der Waals surface area contributed by atoms with Gasteiger partial charge in [0.05, 0.1) is 6.33 Å². The molecule has 2 aromatic heterocycles. The van der Waals surface area contributed by atoms with Gasteiger partial charge in [-0.15, -0.1) is 0 Å². The minimum Gasteiger partial charge on any atom is -0.508 e. The maximum Gasteiger partial charge on any atom is 0.258 e. The number of H-pyrrole nitrogens is 1. The monoisotopic (exact) mass is 289 g/mol. The third kappa shape index (κ3) is 2.26. The summed E-state index contributed by atoms with van der Waals surface area (Å²) in [7, 11) is 0. The van der Waals surface area contributed by atoms with Crippen LogP contribution in [0.3, 0.4) is 0 Å². The first-order chi connectivity index (χ1) is 9.63. The standard InChI is InChI=1S/C12H8ClN5O2/c13-9-8-10(15-5-14-8)17-12(16-9)18-11(20)6-1-3-7(19)4-2-6/h1-5,19H,(H2,14,15,16,17,18,20). The van der Waals surface area contributed by atoms with Crippen molar-refractivity contribution in [2.45, 2.75) is 0 Å². The van der Waals surface area contributed by atoms with Crippen LogP contribution in [0, 0.1) is 0 Å². The van der Waals surface area contributed by atoms with Gasteiger partial charge in [0, 0.05) is 5.56 Å². The topological polar surface area (TPSA) is 104 Å². The number of carbonyl (C=O) groups is 1. The second-order valence-electron chi connectivity index (χ2n) is 3.94. The normalized spacial score (nSPS) is 10.7. The number of fused-ring (bicyclic) bond motifs is 1. The average molecular weight is 290 g/mol. The number of phenolic OH excluding ortho intramolecular Hbond substituents is 1. The third-order valence-corrected chi connectivity index (χ3v) is 2.87. The number of benzene rings is 1. The Morgan fingerprint density at radius 1 is 1.25 bits per heavy atom. The Morgan fingerprint density at radius 3 is 2.75 bits per heavy atom. The Bertz CT molecular complexity index is 784. The van der Waals surface area contributed by atoms with Crippen LogP contribution in [-0.4, -0.2) is 30.9 Å². The predicted molar refractivity (Wildman–Crippen MR) is 72.8 cm³/mol. The van der Waals surface area contributed by atoms with Crippen LogP contribution < -0.4 is 5.32 Å². The van der Waals surface area contributed by atoms with E-state index in [0.29, 0.717) is 16.7 Å². The first kappa shape index (κ1) is 12.4. The van der Waals surface area contributed by atoms with Gasteiger partial charge in [0.15, 0.2) is 10.8 Å². The van der Waals surface area contributed by atoms with E-state index in [0.717, 1.165) is 0 Å². The van der Waals surface area contributed by atoms with Crippen LogP contribution in [0.2, 0.25) is 5.15 Å². The van der Waals surface area contributed by atoms with Gasteiger partial charge >= 0.3 is 0 Å². The number of carbonyl (C=O) groups excluding carboxylic acids is 1. The maximum absolute atomic E-state index is 12.0. The van der Waals surface area contributed by atoms with Crippen molar-refractivity contribution in [2.75, 3.05) is 5.32 Å². The Morgan fingerprint density at radius 2 is 2.00 bits per heavy atom. The van der Waals surface area contributed by atoms with Gasteiger partial charge in [-0.3, -0.25) is 10.1 Å². The van der Waals surface area contributed by atoms with Crippen molar-refractivity contribution < 1.29 is 9.90 Å². The number of nitrogens with zero attached hydrogens (tertiary/aromatic N) is 3. The highest BCUT2D eigenvalue weighted by atomic mass is 35.5. The molecular weight excluding hydrogens is 282 g/mol. The van der Waals surface area contributed by atoms with E-state index in [1.54, 1.807) is 0 Å². The van der Waals surface area contributed by atoms with Gasteiger partial charge in [-0.25, -0.2) is 4.98 Å². The molecule has 3 aromatic rings. The Balaban J connectivity index is 1.88. The van der Waals surface area contributed by atoms with Gasteiger partial charge in [-0.1, -0.05) is 11.6 Å². The van der Waals surface area contributed by atoms with Crippen LogP contribution in [0.5, 0.6) is 5.75 Å². The second-order valence-corrected chi connectivity index (χ2v) is 4.30. The SMILES string of the molecule is O=C(Nc1nc(Cl)c2[nH]cnc2n1)c1ccc(O)cc1. The van der Waals surface area contributed by atoms with Crippen LogP contribution in [0.1, 0.15) is 10.4 Å². The highest BCUT2D eigenvalue weighted by Crippen LogP contribution is 2.18. The molecule has 0 fully saturated rings. The number of amides is 1. The maximum atomic E-state index is 12.0. The van der Waals surface area contributed by atoms with Crippen molar-refractivity contribution in [1.82, 2.24) is 19.9 Å². The summed E-state index contributed by atoms with van der Waals surface area (Å²) in [6, 6.07) is 5.80. The zero-order chi connectivity index (χ0) is 14.1. The molecule has 0 spiro atoms. The summed E-state index contributed by atoms with van der Waals surface area (Å²) >= 11 is 5.95. The van der Waals surface area contributed by atoms with Crippen molar-refractivity contribution in [3.63, 3.8) is 0 Å². The minimum absolute atomic E-state index is 0.0627. The molecule has 7 nitrogen and oxygen atoms in total. The molecule has 1 aromatic carbocycles. The lowest BCUT2D eigenvalue weighted by Crippen LogP contribution is -2.14. The van der Waals surface area contributed by atoms with Crippen molar-refractivity contribution >= 4 is 34.6 Å². The van der Waals surface area contributed by atoms with E-state index in [2.05, 4.69) is 25.3 Å². The van der Waals surface area contributed by atoms with Gasteiger partial charge in [-0.05, 0) is 24.3 Å². The molecule has 100 valence electrons. The molecule has 0 unspecified atom stereocenters. The van der Waals surface area contributed by atoms with Crippen molar-refractivity contribution in [3.05, 3.63) is 41.3 Å². The average Bonchev–Trinajstić information content (AvgIpc) is 2.88. The van der Waals surface area contributed by atoms with E-state index in [9.17, 15) is 9.90 Å². The fourth-order valence-corrected chi connectivity index (χ4v) is 1.86. The van der Waals surface area contributed by atoms with Crippen LogP contribution in [0.15, 0.2) is 30.6 Å². The second kappa shape index (κ2) is 4.78. The lowest BCUT2D eigenvalue weighted by atomic mass is 10.2. The molecule has 2 heterocycles. The van der Waals surface area contributed by atoms with Crippen LogP contribution >= 0.6 is 11.6 Å². The molecule has 3 rings (SSSR count). The van der Waals surface area contributed by atoms with Gasteiger partial charge in [0.1, 0.15) is 11.3 Å². The number of hydrogen-bond donors (Lipinski definition) is 3. The summed E-state index contributed by atoms with van der Waals surface area (Å²) in [4.78, 5) is 26.7. The van der Waals surface area contributed by atoms with E-state index in [4.69, 9.17) is 11.6 Å². The Kier molecular flexibility index (Phi) is 2.96. The lowest BCUT2D eigenvalue weighted by Gasteiger charge is -2.04.